The first-order valence-electron chi connectivity index (χ1n) is 46.9. The number of fused-ring (bicyclic) bond motifs is 9. The summed E-state index contributed by atoms with van der Waals surface area (Å²) in [7, 11) is 7.92. The quantitative estimate of drug-likeness (QED) is 0.0330. The van der Waals surface area contributed by atoms with E-state index >= 15 is 4.79 Å². The second-order valence-electron chi connectivity index (χ2n) is 34.5. The van der Waals surface area contributed by atoms with Crippen LogP contribution in [0.4, 0.5) is 111 Å². The van der Waals surface area contributed by atoms with Crippen molar-refractivity contribution in [2.24, 2.45) is 0 Å². The summed E-state index contributed by atoms with van der Waals surface area (Å²) in [5.74, 6) is -1.66. The normalized spacial score (nSPS) is 12.0. The zero-order valence-corrected chi connectivity index (χ0v) is 85.0. The largest absolute Gasteiger partial charge is 0.508 e. The molecule has 3 aliphatic rings. The molecule has 27 heteroatoms. The predicted molar refractivity (Wildman–Crippen MR) is 591 cm³/mol. The van der Waals surface area contributed by atoms with Crippen LogP contribution in [-0.4, -0.2) is 121 Å². The number of carbonyl (C=O) groups is 6. The van der Waals surface area contributed by atoms with Crippen LogP contribution in [0.15, 0.2) is 338 Å². The van der Waals surface area contributed by atoms with Crippen LogP contribution in [-0.2, 0) is 0 Å². The van der Waals surface area contributed by atoms with Gasteiger partial charge in [0.15, 0.2) is 0 Å². The molecule has 718 valence electrons. The third-order valence-corrected chi connectivity index (χ3v) is 30.4. The summed E-state index contributed by atoms with van der Waals surface area (Å²) < 4.78 is 0. The Balaban J connectivity index is 0.000000148. The SMILES string of the molecule is CCN(CC)c1ccc2c(c1)N(c1ccccc1)c1cc(N(CC)CC)ccc1N2C(=O)Sc1cc(C(=O)Nc2ccccc2C)c(O)c2ccccc12.CCN(CC)c1ccc2c(c1)Sc1cc(N(C)C)ccc1N2C(=O)Sc1cc(C(=O)Nc2ccccc2C)c(O)c2ccccc12.Cc1ccccc1NC(=O)c1cc(SC(=O)N2c3ccc(O)cc3Sc3cc(N(C)C)ccc32)c2ccccc2c1O. The lowest BCUT2D eigenvalue weighted by Gasteiger charge is -2.40. The van der Waals surface area contributed by atoms with Gasteiger partial charge in [-0.15, -0.1) is 0 Å². The van der Waals surface area contributed by atoms with Crippen molar-refractivity contribution in [1.29, 1.82) is 0 Å². The van der Waals surface area contributed by atoms with E-state index in [0.717, 1.165) is 185 Å². The number of aryl methyl sites for hydroxylation is 3. The highest BCUT2D eigenvalue weighted by Gasteiger charge is 2.38. The van der Waals surface area contributed by atoms with Crippen molar-refractivity contribution in [2.75, 3.05) is 128 Å². The van der Waals surface area contributed by atoms with Crippen molar-refractivity contribution in [1.82, 2.24) is 0 Å². The number of carbonyl (C=O) groups excluding carboxylic acids is 6. The van der Waals surface area contributed by atoms with Crippen LogP contribution in [0.5, 0.6) is 23.0 Å². The number of aromatic hydroxyl groups is 4. The fraction of sp³-hybridized carbons (Fsp3) is 0.165. The first-order valence-corrected chi connectivity index (χ1v) is 51.0. The molecule has 16 aromatic carbocycles. The van der Waals surface area contributed by atoms with Gasteiger partial charge in [0.05, 0.1) is 62.2 Å². The molecular weight excluding hydrogens is 1870 g/mol. The molecule has 0 aromatic heterocycles. The number of rotatable bonds is 21. The van der Waals surface area contributed by atoms with Crippen LogP contribution in [0.2, 0.25) is 0 Å². The molecule has 0 spiro atoms. The van der Waals surface area contributed by atoms with Gasteiger partial charge < -0.3 is 65.8 Å². The maximum atomic E-state index is 15.0. The Morgan fingerprint density at radius 3 is 0.880 bits per heavy atom. The van der Waals surface area contributed by atoms with Gasteiger partial charge in [-0.3, -0.25) is 43.5 Å². The van der Waals surface area contributed by atoms with E-state index in [1.165, 1.54) is 11.8 Å². The van der Waals surface area contributed by atoms with Gasteiger partial charge in [0.25, 0.3) is 33.4 Å². The van der Waals surface area contributed by atoms with Crippen molar-refractivity contribution in [2.45, 2.75) is 96.6 Å². The number of hydrogen-bond acceptors (Lipinski definition) is 21. The molecule has 142 heavy (non-hydrogen) atoms. The number of phenolic OH excluding ortho intramolecular Hbond substituents is 4. The molecule has 0 saturated carbocycles. The minimum Gasteiger partial charge on any atom is -0.508 e. The summed E-state index contributed by atoms with van der Waals surface area (Å²) in [5, 5.41) is 55.5. The summed E-state index contributed by atoms with van der Waals surface area (Å²) in [6.45, 7) is 23.7. The third-order valence-electron chi connectivity index (χ3n) is 25.5. The molecule has 6 amide bonds. The molecule has 16 aromatic rings. The topological polar surface area (TPSA) is 249 Å². The lowest BCUT2D eigenvalue weighted by Crippen LogP contribution is -2.31. The molecule has 7 N–H and O–H groups in total. The van der Waals surface area contributed by atoms with Gasteiger partial charge in [0.2, 0.25) is 0 Å². The molecule has 0 unspecified atom stereocenters. The van der Waals surface area contributed by atoms with E-state index in [2.05, 4.69) is 137 Å². The van der Waals surface area contributed by atoms with E-state index in [1.807, 2.05) is 236 Å². The first kappa shape index (κ1) is 98.5. The molecule has 0 radical (unpaired) electrons. The predicted octanol–water partition coefficient (Wildman–Crippen LogP) is 29.6. The van der Waals surface area contributed by atoms with Crippen LogP contribution in [0.3, 0.4) is 0 Å². The standard InChI is InChI=1S/C45H45N5O3S.C37H36N4O3S2.C33H27N3O4S2/c1-6-47(7-2)32-23-25-38-40(27-32)49(31-18-11-10-12-19-31)41-28-33(48(8-3)9-4)24-26-39(41)50(38)45(53)54-42-29-36(43(51)35-21-15-14-20-34(35)42)44(52)46-37-22-16-13-17-30(37)5;1-6-40(7-2)25-17-19-31-34(21-25)45-33-20-24(39(4)5)16-18-30(33)41(31)37(44)46-32-22-28(35(42)27-14-10-9-13-26(27)32)36(43)38-29-15-11-8-12-23(29)3;1-19-8-4-7-11-25(19)34-32(39)24-18-28(22-9-5-6-10-23(22)31(24)38)42-33(40)36-26-14-12-20(35(2)3)16-29(26)41-30-17-21(37)13-15-27(30)36/h10-29,51H,6-9H2,1-5H3,(H,46,52);8-22,42H,6-7H2,1-5H3,(H,38,43);4-18,37-38H,1-3H3,(H,34,39). The second kappa shape index (κ2) is 42.9. The molecule has 19 rings (SSSR count). The Kier molecular flexibility index (Phi) is 29.8. The zero-order chi connectivity index (χ0) is 100. The molecule has 3 heterocycles. The highest BCUT2D eigenvalue weighted by Crippen LogP contribution is 2.58. The number of amides is 6. The fourth-order valence-electron chi connectivity index (χ4n) is 17.8. The third kappa shape index (κ3) is 20.1. The Bertz CT molecular complexity index is 7540. The van der Waals surface area contributed by atoms with Crippen LogP contribution < -0.4 is 60.0 Å². The van der Waals surface area contributed by atoms with Crippen LogP contribution in [0.25, 0.3) is 32.3 Å². The summed E-state index contributed by atoms with van der Waals surface area (Å²) in [6, 6.07) is 95.1. The summed E-state index contributed by atoms with van der Waals surface area (Å²) in [6.07, 6.45) is 0. The van der Waals surface area contributed by atoms with Crippen molar-refractivity contribution >= 4 is 221 Å². The lowest BCUT2D eigenvalue weighted by molar-refractivity contribution is 0.101. The van der Waals surface area contributed by atoms with Gasteiger partial charge in [0, 0.05) is 169 Å². The minimum atomic E-state index is -0.474. The molecule has 0 aliphatic carbocycles. The number of phenols is 4. The van der Waals surface area contributed by atoms with E-state index in [4.69, 9.17) is 0 Å². The van der Waals surface area contributed by atoms with E-state index in [1.54, 1.807) is 93.2 Å². The highest BCUT2D eigenvalue weighted by atomic mass is 32.2. The molecule has 22 nitrogen and oxygen atoms in total. The van der Waals surface area contributed by atoms with Gasteiger partial charge in [-0.25, -0.2) is 0 Å². The van der Waals surface area contributed by atoms with E-state index in [9.17, 15) is 44.4 Å². The average molecular weight is 1980 g/mol. The second-order valence-corrected chi connectivity index (χ2v) is 39.6. The van der Waals surface area contributed by atoms with Gasteiger partial charge in [-0.05, 0) is 288 Å². The van der Waals surface area contributed by atoms with E-state index in [0.29, 0.717) is 69.8 Å². The average Bonchev–Trinajstić information content (AvgIpc) is 0.728. The maximum absolute atomic E-state index is 15.0. The van der Waals surface area contributed by atoms with Gasteiger partial charge in [0.1, 0.15) is 23.0 Å². The van der Waals surface area contributed by atoms with Crippen LogP contribution in [0.1, 0.15) is 89.3 Å². The Morgan fingerprint density at radius 1 is 0.289 bits per heavy atom. The van der Waals surface area contributed by atoms with Gasteiger partial charge >= 0.3 is 0 Å². The number of benzene rings is 16. The zero-order valence-electron chi connectivity index (χ0n) is 80.9. The summed E-state index contributed by atoms with van der Waals surface area (Å²) >= 11 is 6.24. The molecule has 0 atom stereocenters. The number of para-hydroxylation sites is 4. The lowest BCUT2D eigenvalue weighted by atomic mass is 10.0. The Labute approximate surface area is 848 Å². The van der Waals surface area contributed by atoms with Gasteiger partial charge in [-0.2, -0.15) is 0 Å². The minimum absolute atomic E-state index is 0.0720. The van der Waals surface area contributed by atoms with E-state index < -0.39 is 17.7 Å². The fourth-order valence-corrected chi connectivity index (χ4v) is 22.9. The van der Waals surface area contributed by atoms with Crippen molar-refractivity contribution < 1.29 is 49.2 Å². The van der Waals surface area contributed by atoms with Crippen LogP contribution >= 0.6 is 58.8 Å². The summed E-state index contributed by atoms with van der Waals surface area (Å²) in [4.78, 5) is 108. The maximum Gasteiger partial charge on any atom is 0.295 e. The summed E-state index contributed by atoms with van der Waals surface area (Å²) in [5.41, 5.74) is 17.4. The van der Waals surface area contributed by atoms with Crippen LogP contribution in [0, 0.1) is 20.8 Å². The first-order chi connectivity index (χ1) is 68.7. The van der Waals surface area contributed by atoms with Crippen molar-refractivity contribution in [3.05, 3.63) is 337 Å². The molecule has 0 saturated heterocycles. The number of anilines is 17. The highest BCUT2D eigenvalue weighted by molar-refractivity contribution is 8.14. The molecule has 0 bridgehead atoms. The molecule has 3 aliphatic heterocycles. The number of nitrogens with zero attached hydrogens (tertiary/aromatic N) is 9. The number of hydrogen-bond donors (Lipinski definition) is 7. The van der Waals surface area contributed by atoms with Crippen molar-refractivity contribution in [3.8, 4) is 23.0 Å². The number of thioether (sulfide) groups is 3. The number of nitrogens with one attached hydrogen (secondary N) is 3. The monoisotopic (exact) mass is 1980 g/mol. The molecular formula is C115H108N12O10S5. The van der Waals surface area contributed by atoms with E-state index in [-0.39, 0.29) is 55.4 Å². The Morgan fingerprint density at radius 2 is 0.556 bits per heavy atom. The molecule has 0 fully saturated rings. The smallest absolute Gasteiger partial charge is 0.295 e. The Hall–Kier alpha value is -15.1. The van der Waals surface area contributed by atoms with Crippen molar-refractivity contribution in [3.63, 3.8) is 0 Å². The van der Waals surface area contributed by atoms with Gasteiger partial charge in [-0.1, -0.05) is 169 Å².